The molecule has 2 aliphatic rings. The number of ether oxygens (including phenoxy) is 2. The minimum absolute atomic E-state index is 0.243. The van der Waals surface area contributed by atoms with E-state index in [1.807, 2.05) is 73.7 Å². The molecule has 0 saturated heterocycles. The zero-order valence-electron chi connectivity index (χ0n) is 20.8. The van der Waals surface area contributed by atoms with Gasteiger partial charge in [-0.25, -0.2) is 4.90 Å². The van der Waals surface area contributed by atoms with Crippen molar-refractivity contribution in [2.75, 3.05) is 12.4 Å². The molecule has 0 aromatic heterocycles. The van der Waals surface area contributed by atoms with Gasteiger partial charge in [-0.15, -0.1) is 0 Å². The second-order valence-electron chi connectivity index (χ2n) is 9.61. The number of nitrogens with one attached hydrogen (secondary N) is 1. The monoisotopic (exact) mass is 484 g/mol. The fourth-order valence-electron chi connectivity index (χ4n) is 5.45. The summed E-state index contributed by atoms with van der Waals surface area (Å²) in [7, 11) is 1.63. The molecule has 0 bridgehead atoms. The Balaban J connectivity index is 1.54. The molecule has 1 saturated carbocycles. The molecule has 0 radical (unpaired) electrons. The first-order chi connectivity index (χ1) is 17.5. The van der Waals surface area contributed by atoms with Gasteiger partial charge in [-0.1, -0.05) is 67.9 Å². The summed E-state index contributed by atoms with van der Waals surface area (Å²) in [4.78, 5) is 29.6. The lowest BCUT2D eigenvalue weighted by Crippen LogP contribution is -2.63. The summed E-state index contributed by atoms with van der Waals surface area (Å²) in [5.74, 6) is 0.169. The predicted octanol–water partition coefficient (Wildman–Crippen LogP) is 6.21. The molecule has 6 heteroatoms. The molecule has 3 aromatic carbocycles. The Labute approximate surface area is 212 Å². The van der Waals surface area contributed by atoms with Crippen LogP contribution in [-0.2, 0) is 4.79 Å². The summed E-state index contributed by atoms with van der Waals surface area (Å²) in [6, 6.07) is 24.3. The first kappa shape index (κ1) is 23.9. The van der Waals surface area contributed by atoms with Crippen LogP contribution in [0.5, 0.6) is 11.5 Å². The summed E-state index contributed by atoms with van der Waals surface area (Å²) in [5, 5.41) is 3.54. The van der Waals surface area contributed by atoms with Crippen LogP contribution in [-0.4, -0.2) is 29.5 Å². The number of nitrogens with zero attached hydrogens (tertiary/aromatic N) is 1. The number of benzene rings is 3. The van der Waals surface area contributed by atoms with E-state index in [1.54, 1.807) is 19.2 Å². The maximum Gasteiger partial charge on any atom is 0.267 e. The number of imide groups is 1. The van der Waals surface area contributed by atoms with Gasteiger partial charge in [0.15, 0.2) is 5.72 Å². The summed E-state index contributed by atoms with van der Waals surface area (Å²) in [5.41, 5.74) is 1.23. The van der Waals surface area contributed by atoms with Crippen LogP contribution in [0.15, 0.2) is 78.9 Å². The highest BCUT2D eigenvalue weighted by molar-refractivity contribution is 6.08. The van der Waals surface area contributed by atoms with Crippen LogP contribution in [0.4, 0.5) is 5.69 Å². The Hall–Kier alpha value is -3.80. The lowest BCUT2D eigenvalue weighted by atomic mass is 9.85. The van der Waals surface area contributed by atoms with Gasteiger partial charge in [0.05, 0.1) is 30.3 Å². The van der Waals surface area contributed by atoms with Gasteiger partial charge in [0, 0.05) is 12.8 Å². The molecule has 6 nitrogen and oxygen atoms in total. The van der Waals surface area contributed by atoms with Crippen LogP contribution in [0.25, 0.3) is 0 Å². The number of carbonyl (C=O) groups excluding carboxylic acids is 2. The van der Waals surface area contributed by atoms with Gasteiger partial charge in [0.25, 0.3) is 5.91 Å². The van der Waals surface area contributed by atoms with Crippen LogP contribution in [0.1, 0.15) is 61.0 Å². The third-order valence-electron chi connectivity index (χ3n) is 7.35. The largest absolute Gasteiger partial charge is 0.495 e. The normalized spacial score (nSPS) is 18.1. The maximum absolute atomic E-state index is 14.3. The second kappa shape index (κ2) is 10.1. The van der Waals surface area contributed by atoms with E-state index < -0.39 is 11.6 Å². The lowest BCUT2D eigenvalue weighted by Gasteiger charge is -2.49. The molecule has 1 aliphatic heterocycles. The van der Waals surface area contributed by atoms with Gasteiger partial charge in [-0.05, 0) is 42.7 Å². The zero-order valence-corrected chi connectivity index (χ0v) is 20.8. The number of para-hydroxylation sites is 3. The Morgan fingerprint density at radius 3 is 2.36 bits per heavy atom. The Morgan fingerprint density at radius 2 is 1.61 bits per heavy atom. The average Bonchev–Trinajstić information content (AvgIpc) is 2.92. The maximum atomic E-state index is 14.3. The number of amides is 2. The van der Waals surface area contributed by atoms with Crippen molar-refractivity contribution in [3.63, 3.8) is 0 Å². The molecule has 1 heterocycles. The SMILES string of the molecule is COc1ccccc1N[C@H](c1ccccc1)[C@@H](C)C(=O)N1C(=O)c2ccccc2OC12CCCCC2. The molecule has 1 aliphatic carbocycles. The van der Waals surface area contributed by atoms with Crippen molar-refractivity contribution in [3.8, 4) is 11.5 Å². The number of hydrogen-bond acceptors (Lipinski definition) is 5. The number of hydrogen-bond donors (Lipinski definition) is 1. The highest BCUT2D eigenvalue weighted by Crippen LogP contribution is 2.44. The summed E-state index contributed by atoms with van der Waals surface area (Å²) in [6.07, 6.45) is 4.17. The molecule has 186 valence electrons. The van der Waals surface area contributed by atoms with Crippen LogP contribution < -0.4 is 14.8 Å². The van der Waals surface area contributed by atoms with Crippen molar-refractivity contribution in [2.24, 2.45) is 5.92 Å². The molecule has 0 unspecified atom stereocenters. The first-order valence-corrected chi connectivity index (χ1v) is 12.6. The molecule has 1 N–H and O–H groups in total. The molecule has 5 rings (SSSR count). The van der Waals surface area contributed by atoms with Crippen LogP contribution in [0.2, 0.25) is 0 Å². The number of anilines is 1. The third kappa shape index (κ3) is 4.32. The Morgan fingerprint density at radius 1 is 0.944 bits per heavy atom. The number of methoxy groups -OCH3 is 1. The molecule has 1 fully saturated rings. The minimum atomic E-state index is -0.944. The predicted molar refractivity (Wildman–Crippen MR) is 139 cm³/mol. The van der Waals surface area contributed by atoms with E-state index in [0.29, 0.717) is 29.9 Å². The molecule has 36 heavy (non-hydrogen) atoms. The smallest absolute Gasteiger partial charge is 0.267 e. The standard InChI is InChI=1S/C30H32N2O4/c1-21(27(22-13-5-3-6-14-22)31-24-16-8-10-18-26(24)35-2)28(33)32-29(34)23-15-7-9-17-25(23)36-30(32)19-11-4-12-20-30/h3,5-10,13-18,21,27,31H,4,11-12,19-20H2,1-2H3/t21-,27+/m1/s1. The number of fused-ring (bicyclic) bond motifs is 1. The van der Waals surface area contributed by atoms with E-state index in [1.165, 1.54) is 4.90 Å². The molecule has 3 aromatic rings. The third-order valence-corrected chi connectivity index (χ3v) is 7.35. The lowest BCUT2D eigenvalue weighted by molar-refractivity contribution is -0.157. The van der Waals surface area contributed by atoms with Gasteiger partial charge >= 0.3 is 0 Å². The van der Waals surface area contributed by atoms with E-state index >= 15 is 0 Å². The van der Waals surface area contributed by atoms with Crippen molar-refractivity contribution in [3.05, 3.63) is 90.0 Å². The van der Waals surface area contributed by atoms with Gasteiger partial charge in [0.2, 0.25) is 5.91 Å². The van der Waals surface area contributed by atoms with Gasteiger partial charge in [0.1, 0.15) is 11.5 Å². The Bertz CT molecular complexity index is 1240. The molecular formula is C30H32N2O4. The van der Waals surface area contributed by atoms with E-state index in [-0.39, 0.29) is 17.9 Å². The fourth-order valence-corrected chi connectivity index (χ4v) is 5.45. The quantitative estimate of drug-likeness (QED) is 0.451. The van der Waals surface area contributed by atoms with Crippen molar-refractivity contribution in [1.82, 2.24) is 4.90 Å². The molecule has 1 spiro atoms. The van der Waals surface area contributed by atoms with Crippen LogP contribution in [0, 0.1) is 5.92 Å². The van der Waals surface area contributed by atoms with Crippen molar-refractivity contribution >= 4 is 17.5 Å². The van der Waals surface area contributed by atoms with Crippen molar-refractivity contribution in [1.29, 1.82) is 0 Å². The van der Waals surface area contributed by atoms with Gasteiger partial charge < -0.3 is 14.8 Å². The highest BCUT2D eigenvalue weighted by Gasteiger charge is 2.52. The molecular weight excluding hydrogens is 452 g/mol. The second-order valence-corrected chi connectivity index (χ2v) is 9.61. The topological polar surface area (TPSA) is 67.9 Å². The van der Waals surface area contributed by atoms with Gasteiger partial charge in [-0.3, -0.25) is 9.59 Å². The van der Waals surface area contributed by atoms with Crippen LogP contribution in [0.3, 0.4) is 0 Å². The van der Waals surface area contributed by atoms with E-state index in [2.05, 4.69) is 5.32 Å². The summed E-state index contributed by atoms with van der Waals surface area (Å²) < 4.78 is 12.1. The van der Waals surface area contributed by atoms with E-state index in [9.17, 15) is 9.59 Å². The average molecular weight is 485 g/mol. The highest BCUT2D eigenvalue weighted by atomic mass is 16.5. The summed E-state index contributed by atoms with van der Waals surface area (Å²) in [6.45, 7) is 1.88. The summed E-state index contributed by atoms with van der Waals surface area (Å²) >= 11 is 0. The fraction of sp³-hybridized carbons (Fsp3) is 0.333. The molecule has 2 amide bonds. The van der Waals surface area contributed by atoms with E-state index in [0.717, 1.165) is 30.5 Å². The van der Waals surface area contributed by atoms with Crippen molar-refractivity contribution in [2.45, 2.75) is 50.8 Å². The van der Waals surface area contributed by atoms with E-state index in [4.69, 9.17) is 9.47 Å². The Kier molecular flexibility index (Phi) is 6.68. The first-order valence-electron chi connectivity index (χ1n) is 12.6. The van der Waals surface area contributed by atoms with Gasteiger partial charge in [-0.2, -0.15) is 0 Å². The zero-order chi connectivity index (χ0) is 25.1. The van der Waals surface area contributed by atoms with Crippen molar-refractivity contribution < 1.29 is 19.1 Å². The number of carbonyl (C=O) groups is 2. The minimum Gasteiger partial charge on any atom is -0.495 e. The van der Waals surface area contributed by atoms with Crippen LogP contribution >= 0.6 is 0 Å². The number of rotatable bonds is 6. The molecule has 2 atom stereocenters.